The van der Waals surface area contributed by atoms with Crippen molar-refractivity contribution in [3.8, 4) is 0 Å². The number of piperidine rings is 1. The highest BCUT2D eigenvalue weighted by Gasteiger charge is 2.25. The summed E-state index contributed by atoms with van der Waals surface area (Å²) < 4.78 is 0. The lowest BCUT2D eigenvalue weighted by Crippen LogP contribution is -2.48. The molecule has 0 aliphatic carbocycles. The summed E-state index contributed by atoms with van der Waals surface area (Å²) in [6, 6.07) is 4.08. The van der Waals surface area contributed by atoms with E-state index in [1.165, 1.54) is 6.42 Å². The van der Waals surface area contributed by atoms with Crippen LogP contribution in [0.25, 0.3) is 0 Å². The first kappa shape index (κ1) is 25.0. The van der Waals surface area contributed by atoms with Gasteiger partial charge in [0.05, 0.1) is 6.54 Å². The van der Waals surface area contributed by atoms with Gasteiger partial charge in [-0.2, -0.15) is 11.8 Å². The Labute approximate surface area is 201 Å². The van der Waals surface area contributed by atoms with Gasteiger partial charge in [0.2, 0.25) is 5.91 Å². The molecule has 0 saturated carbocycles. The van der Waals surface area contributed by atoms with E-state index in [0.29, 0.717) is 11.8 Å². The average molecular weight is 547 g/mol. The predicted octanol–water partition coefficient (Wildman–Crippen LogP) is 2.69. The maximum atomic E-state index is 11.5. The number of thioether (sulfide) groups is 1. The number of nitrogens with one attached hydrogen (secondary N) is 1. The van der Waals surface area contributed by atoms with Crippen molar-refractivity contribution in [2.45, 2.75) is 44.9 Å². The van der Waals surface area contributed by atoms with Crippen LogP contribution in [0.15, 0.2) is 23.3 Å². The van der Waals surface area contributed by atoms with Crippen LogP contribution in [0.2, 0.25) is 0 Å². The van der Waals surface area contributed by atoms with Gasteiger partial charge in [-0.3, -0.25) is 4.79 Å². The highest BCUT2D eigenvalue weighted by atomic mass is 127. The molecule has 2 fully saturated rings. The van der Waals surface area contributed by atoms with Gasteiger partial charge >= 0.3 is 0 Å². The van der Waals surface area contributed by atoms with Crippen molar-refractivity contribution < 1.29 is 4.79 Å². The zero-order valence-electron chi connectivity index (χ0n) is 18.0. The molecule has 1 amide bonds. The Morgan fingerprint density at radius 3 is 2.77 bits per heavy atom. The van der Waals surface area contributed by atoms with Crippen LogP contribution in [0.1, 0.15) is 38.7 Å². The summed E-state index contributed by atoms with van der Waals surface area (Å²) in [5, 5.41) is 4.14. The number of rotatable bonds is 6. The summed E-state index contributed by atoms with van der Waals surface area (Å²) in [5.74, 6) is 2.93. The van der Waals surface area contributed by atoms with Crippen molar-refractivity contribution in [1.82, 2.24) is 15.2 Å². The molecule has 7 nitrogen and oxygen atoms in total. The fourth-order valence-corrected chi connectivity index (χ4v) is 5.14. The standard InChI is InChI=1S/C21H34N6OS.HI/c1-3-18-15-27(12-13-29-18)21(23-4-2)25-14-17-6-5-9-24-20(17)26-10-7-16(8-11-26)19(22)28;/h5-6,9,16,18H,3-4,7-8,10-15H2,1-2H3,(H2,22,28)(H,23,25);1H. The van der Waals surface area contributed by atoms with Gasteiger partial charge in [-0.25, -0.2) is 9.98 Å². The van der Waals surface area contributed by atoms with E-state index >= 15 is 0 Å². The molecule has 1 aromatic rings. The Morgan fingerprint density at radius 1 is 1.33 bits per heavy atom. The first-order valence-corrected chi connectivity index (χ1v) is 11.8. The van der Waals surface area contributed by atoms with E-state index in [1.54, 1.807) is 0 Å². The topological polar surface area (TPSA) is 86.9 Å². The second kappa shape index (κ2) is 12.6. The van der Waals surface area contributed by atoms with Gasteiger partial charge in [-0.15, -0.1) is 24.0 Å². The summed E-state index contributed by atoms with van der Waals surface area (Å²) >= 11 is 2.07. The van der Waals surface area contributed by atoms with Crippen molar-refractivity contribution in [3.63, 3.8) is 0 Å². The van der Waals surface area contributed by atoms with E-state index < -0.39 is 0 Å². The number of hydrogen-bond donors (Lipinski definition) is 2. The highest BCUT2D eigenvalue weighted by molar-refractivity contribution is 14.0. The third kappa shape index (κ3) is 6.63. The molecule has 2 aliphatic heterocycles. The third-order valence-electron chi connectivity index (χ3n) is 5.69. The van der Waals surface area contributed by atoms with Crippen molar-refractivity contribution in [3.05, 3.63) is 23.9 Å². The zero-order chi connectivity index (χ0) is 20.6. The Kier molecular flexibility index (Phi) is 10.5. The molecule has 2 aliphatic rings. The molecule has 3 rings (SSSR count). The molecule has 168 valence electrons. The van der Waals surface area contributed by atoms with Gasteiger partial charge in [0.1, 0.15) is 5.82 Å². The van der Waals surface area contributed by atoms with Gasteiger partial charge in [0.25, 0.3) is 0 Å². The molecule has 1 aromatic heterocycles. The summed E-state index contributed by atoms with van der Waals surface area (Å²) in [5.41, 5.74) is 6.60. The van der Waals surface area contributed by atoms with Crippen LogP contribution in [0.3, 0.4) is 0 Å². The minimum absolute atomic E-state index is 0. The first-order chi connectivity index (χ1) is 14.1. The zero-order valence-corrected chi connectivity index (χ0v) is 21.2. The van der Waals surface area contributed by atoms with E-state index in [9.17, 15) is 4.79 Å². The summed E-state index contributed by atoms with van der Waals surface area (Å²) in [6.07, 6.45) is 4.61. The second-order valence-corrected chi connectivity index (χ2v) is 9.08. The number of amides is 1. The molecule has 2 saturated heterocycles. The number of halogens is 1. The number of pyridine rings is 1. The smallest absolute Gasteiger partial charge is 0.220 e. The minimum Gasteiger partial charge on any atom is -0.369 e. The molecule has 3 N–H and O–H groups in total. The van der Waals surface area contributed by atoms with Crippen molar-refractivity contribution in [2.24, 2.45) is 16.6 Å². The molecule has 0 radical (unpaired) electrons. The first-order valence-electron chi connectivity index (χ1n) is 10.7. The van der Waals surface area contributed by atoms with E-state index in [4.69, 9.17) is 10.7 Å². The van der Waals surface area contributed by atoms with Crippen LogP contribution in [0, 0.1) is 5.92 Å². The van der Waals surface area contributed by atoms with Crippen molar-refractivity contribution in [1.29, 1.82) is 0 Å². The number of hydrogen-bond acceptors (Lipinski definition) is 5. The Hall–Kier alpha value is -1.23. The van der Waals surface area contributed by atoms with E-state index in [2.05, 4.69) is 51.8 Å². The quantitative estimate of drug-likeness (QED) is 0.324. The number of nitrogens with zero attached hydrogens (tertiary/aromatic N) is 4. The number of anilines is 1. The number of nitrogens with two attached hydrogens (primary N) is 1. The predicted molar refractivity (Wildman–Crippen MR) is 137 cm³/mol. The molecular weight excluding hydrogens is 511 g/mol. The van der Waals surface area contributed by atoms with Crippen LogP contribution in [0.4, 0.5) is 5.82 Å². The molecular formula is C21H35IN6OS. The summed E-state index contributed by atoms with van der Waals surface area (Å²) in [7, 11) is 0. The average Bonchev–Trinajstić information content (AvgIpc) is 2.77. The Balaban J connectivity index is 0.00000320. The minimum atomic E-state index is -0.184. The Morgan fingerprint density at radius 2 is 2.10 bits per heavy atom. The number of aliphatic imine (C=N–C) groups is 1. The van der Waals surface area contributed by atoms with E-state index in [0.717, 1.165) is 68.7 Å². The largest absolute Gasteiger partial charge is 0.369 e. The van der Waals surface area contributed by atoms with Gasteiger partial charge < -0.3 is 20.9 Å². The lowest BCUT2D eigenvalue weighted by atomic mass is 9.96. The SMILES string of the molecule is CCNC(=NCc1cccnc1N1CCC(C(N)=O)CC1)N1CCSC(CC)C1.I. The summed E-state index contributed by atoms with van der Waals surface area (Å²) in [6.45, 7) is 9.53. The molecule has 0 spiro atoms. The molecule has 3 heterocycles. The van der Waals surface area contributed by atoms with Gasteiger partial charge in [-0.1, -0.05) is 13.0 Å². The molecule has 9 heteroatoms. The lowest BCUT2D eigenvalue weighted by molar-refractivity contribution is -0.122. The van der Waals surface area contributed by atoms with Crippen LogP contribution >= 0.6 is 35.7 Å². The third-order valence-corrected chi connectivity index (χ3v) is 7.06. The number of guanidine groups is 1. The fourth-order valence-electron chi connectivity index (χ4n) is 3.96. The number of carbonyl (C=O) groups is 1. The molecule has 30 heavy (non-hydrogen) atoms. The van der Waals surface area contributed by atoms with Crippen LogP contribution in [0.5, 0.6) is 0 Å². The Bertz CT molecular complexity index is 710. The molecule has 0 bridgehead atoms. The molecule has 0 aromatic carbocycles. The van der Waals surface area contributed by atoms with Gasteiger partial charge in [-0.05, 0) is 32.3 Å². The van der Waals surface area contributed by atoms with Gasteiger partial charge in [0, 0.05) is 61.4 Å². The monoisotopic (exact) mass is 546 g/mol. The summed E-state index contributed by atoms with van der Waals surface area (Å²) in [4.78, 5) is 25.7. The fraction of sp³-hybridized carbons (Fsp3) is 0.667. The van der Waals surface area contributed by atoms with E-state index in [1.807, 2.05) is 12.3 Å². The van der Waals surface area contributed by atoms with E-state index in [-0.39, 0.29) is 35.8 Å². The molecule has 1 atom stereocenters. The van der Waals surface area contributed by atoms with Crippen molar-refractivity contribution >= 4 is 53.4 Å². The van der Waals surface area contributed by atoms with Crippen LogP contribution in [-0.2, 0) is 11.3 Å². The van der Waals surface area contributed by atoms with Crippen molar-refractivity contribution in [2.75, 3.05) is 43.4 Å². The molecule has 1 unspecified atom stereocenters. The number of primary amides is 1. The maximum absolute atomic E-state index is 11.5. The van der Waals surface area contributed by atoms with Crippen LogP contribution < -0.4 is 16.0 Å². The number of aromatic nitrogens is 1. The normalized spacial score (nSPS) is 20.6. The number of carbonyl (C=O) groups excluding carboxylic acids is 1. The lowest BCUT2D eigenvalue weighted by Gasteiger charge is -2.34. The van der Waals surface area contributed by atoms with Gasteiger partial charge in [0.15, 0.2) is 5.96 Å². The van der Waals surface area contributed by atoms with Crippen LogP contribution in [-0.4, -0.2) is 65.5 Å². The highest BCUT2D eigenvalue weighted by Crippen LogP contribution is 2.25. The maximum Gasteiger partial charge on any atom is 0.220 e. The second-order valence-electron chi connectivity index (χ2n) is 7.67.